The van der Waals surface area contributed by atoms with Crippen LogP contribution in [0.2, 0.25) is 0 Å². The third-order valence-corrected chi connectivity index (χ3v) is 4.13. The number of hydrogen-bond acceptors (Lipinski definition) is 4. The average molecular weight is 335 g/mol. The molecule has 0 bridgehead atoms. The van der Waals surface area contributed by atoms with Crippen LogP contribution in [0.4, 0.5) is 0 Å². The molecule has 0 aliphatic rings. The molecule has 0 amide bonds. The molecule has 4 nitrogen and oxygen atoms in total. The predicted octanol–water partition coefficient (Wildman–Crippen LogP) is 4.40. The van der Waals surface area contributed by atoms with Gasteiger partial charge in [0.2, 0.25) is 5.78 Å². The number of carbonyl (C=O) groups excluding carboxylic acids is 1. The van der Waals surface area contributed by atoms with E-state index in [1.807, 2.05) is 54.6 Å². The molecule has 0 atom stereocenters. The van der Waals surface area contributed by atoms with E-state index in [0.717, 1.165) is 11.1 Å². The summed E-state index contributed by atoms with van der Waals surface area (Å²) in [5.41, 5.74) is 2.94. The first-order chi connectivity index (χ1) is 12.8. The van der Waals surface area contributed by atoms with E-state index in [1.165, 1.54) is 0 Å². The molecule has 0 saturated heterocycles. The van der Waals surface area contributed by atoms with Gasteiger partial charge in [0.15, 0.2) is 5.82 Å². The Labute approximate surface area is 150 Å². The van der Waals surface area contributed by atoms with Crippen molar-refractivity contribution in [3.05, 3.63) is 95.7 Å². The minimum absolute atomic E-state index is 0.190. The Balaban J connectivity index is 1.90. The predicted molar refractivity (Wildman–Crippen MR) is 99.6 cm³/mol. The quantitative estimate of drug-likeness (QED) is 0.520. The number of para-hydroxylation sites is 1. The summed E-state index contributed by atoms with van der Waals surface area (Å²) in [7, 11) is 0. The van der Waals surface area contributed by atoms with Gasteiger partial charge in [0.1, 0.15) is 5.69 Å². The zero-order chi connectivity index (χ0) is 17.9. The summed E-state index contributed by atoms with van der Waals surface area (Å²) < 4.78 is 0. The molecule has 4 heteroatoms. The third kappa shape index (κ3) is 2.83. The highest BCUT2D eigenvalue weighted by atomic mass is 16.1. The number of benzene rings is 3. The largest absolute Gasteiger partial charge is 0.287 e. The van der Waals surface area contributed by atoms with Gasteiger partial charge in [-0.25, -0.2) is 9.97 Å². The SMILES string of the molecule is N#Cc1ccc(C(=O)c2nc(-c3ccccc3)nc3ccccc23)cc1. The first kappa shape index (κ1) is 15.7. The lowest BCUT2D eigenvalue weighted by Crippen LogP contribution is -2.07. The molecule has 0 aliphatic carbocycles. The van der Waals surface area contributed by atoms with Crippen LogP contribution in [-0.2, 0) is 0 Å². The van der Waals surface area contributed by atoms with Crippen LogP contribution < -0.4 is 0 Å². The Kier molecular flexibility index (Phi) is 3.97. The molecule has 0 N–H and O–H groups in total. The summed E-state index contributed by atoms with van der Waals surface area (Å²) in [6, 6.07) is 25.7. The standard InChI is InChI=1S/C22H13N3O/c23-14-15-10-12-16(13-11-15)21(26)20-18-8-4-5-9-19(18)24-22(25-20)17-6-2-1-3-7-17/h1-13H. The van der Waals surface area contributed by atoms with Crippen molar-refractivity contribution in [1.29, 1.82) is 5.26 Å². The van der Waals surface area contributed by atoms with Crippen molar-refractivity contribution in [1.82, 2.24) is 9.97 Å². The van der Waals surface area contributed by atoms with Gasteiger partial charge in [-0.15, -0.1) is 0 Å². The van der Waals surface area contributed by atoms with Crippen LogP contribution in [0.1, 0.15) is 21.6 Å². The van der Waals surface area contributed by atoms with Crippen molar-refractivity contribution in [2.75, 3.05) is 0 Å². The summed E-state index contributed by atoms with van der Waals surface area (Å²) in [6.45, 7) is 0. The molecule has 3 aromatic carbocycles. The molecule has 1 heterocycles. The molecule has 4 rings (SSSR count). The van der Waals surface area contributed by atoms with E-state index in [4.69, 9.17) is 5.26 Å². The van der Waals surface area contributed by atoms with Crippen molar-refractivity contribution >= 4 is 16.7 Å². The van der Waals surface area contributed by atoms with Crippen LogP contribution >= 0.6 is 0 Å². The van der Waals surface area contributed by atoms with Gasteiger partial charge in [0.05, 0.1) is 17.1 Å². The number of hydrogen-bond donors (Lipinski definition) is 0. The summed E-state index contributed by atoms with van der Waals surface area (Å²) in [5.74, 6) is 0.326. The molecular formula is C22H13N3O. The molecule has 0 radical (unpaired) electrons. The lowest BCUT2D eigenvalue weighted by Gasteiger charge is -2.08. The second-order valence-corrected chi connectivity index (χ2v) is 5.80. The summed E-state index contributed by atoms with van der Waals surface area (Å²) >= 11 is 0. The third-order valence-electron chi connectivity index (χ3n) is 4.13. The number of nitrogens with zero attached hydrogens (tertiary/aromatic N) is 3. The topological polar surface area (TPSA) is 66.6 Å². The maximum atomic E-state index is 13.1. The zero-order valence-corrected chi connectivity index (χ0v) is 13.8. The highest BCUT2D eigenvalue weighted by Crippen LogP contribution is 2.23. The number of rotatable bonds is 3. The molecule has 0 unspecified atom stereocenters. The van der Waals surface area contributed by atoms with Crippen LogP contribution in [0.5, 0.6) is 0 Å². The first-order valence-corrected chi connectivity index (χ1v) is 8.13. The fourth-order valence-electron chi connectivity index (χ4n) is 2.80. The van der Waals surface area contributed by atoms with E-state index in [0.29, 0.717) is 28.0 Å². The molecule has 122 valence electrons. The van der Waals surface area contributed by atoms with E-state index in [9.17, 15) is 4.79 Å². The van der Waals surface area contributed by atoms with Gasteiger partial charge >= 0.3 is 0 Å². The van der Waals surface area contributed by atoms with Crippen LogP contribution in [0.3, 0.4) is 0 Å². The van der Waals surface area contributed by atoms with Gasteiger partial charge in [-0.1, -0.05) is 48.5 Å². The van der Waals surface area contributed by atoms with Crippen LogP contribution in [-0.4, -0.2) is 15.8 Å². The molecule has 1 aromatic heterocycles. The molecule has 26 heavy (non-hydrogen) atoms. The van der Waals surface area contributed by atoms with Crippen molar-refractivity contribution in [3.63, 3.8) is 0 Å². The zero-order valence-electron chi connectivity index (χ0n) is 13.8. The second-order valence-electron chi connectivity index (χ2n) is 5.80. The molecule has 0 aliphatic heterocycles. The molecule has 0 saturated carbocycles. The van der Waals surface area contributed by atoms with Crippen molar-refractivity contribution in [3.8, 4) is 17.5 Å². The summed E-state index contributed by atoms with van der Waals surface area (Å²) in [5, 5.41) is 9.64. The summed E-state index contributed by atoms with van der Waals surface area (Å²) in [4.78, 5) is 22.2. The highest BCUT2D eigenvalue weighted by Gasteiger charge is 2.17. The van der Waals surface area contributed by atoms with Crippen LogP contribution in [0.25, 0.3) is 22.3 Å². The van der Waals surface area contributed by atoms with Gasteiger partial charge in [-0.05, 0) is 30.3 Å². The highest BCUT2D eigenvalue weighted by molar-refractivity contribution is 6.14. The molecule has 0 spiro atoms. The van der Waals surface area contributed by atoms with E-state index in [1.54, 1.807) is 24.3 Å². The first-order valence-electron chi connectivity index (χ1n) is 8.13. The number of aromatic nitrogens is 2. The second kappa shape index (κ2) is 6.58. The van der Waals surface area contributed by atoms with Gasteiger partial charge in [-0.2, -0.15) is 5.26 Å². The monoisotopic (exact) mass is 335 g/mol. The Morgan fingerprint density at radius 2 is 1.50 bits per heavy atom. The maximum Gasteiger partial charge on any atom is 0.212 e. The van der Waals surface area contributed by atoms with Crippen molar-refractivity contribution in [2.24, 2.45) is 0 Å². The lowest BCUT2D eigenvalue weighted by atomic mass is 10.0. The van der Waals surface area contributed by atoms with Gasteiger partial charge in [0.25, 0.3) is 0 Å². The van der Waals surface area contributed by atoms with E-state index in [2.05, 4.69) is 16.0 Å². The normalized spacial score (nSPS) is 10.4. The Bertz CT molecular complexity index is 1140. The van der Waals surface area contributed by atoms with E-state index in [-0.39, 0.29) is 5.78 Å². The van der Waals surface area contributed by atoms with Gasteiger partial charge in [-0.3, -0.25) is 4.79 Å². The van der Waals surface area contributed by atoms with Crippen LogP contribution in [0, 0.1) is 11.3 Å². The Hall–Kier alpha value is -3.84. The van der Waals surface area contributed by atoms with Gasteiger partial charge < -0.3 is 0 Å². The van der Waals surface area contributed by atoms with Crippen LogP contribution in [0.15, 0.2) is 78.9 Å². The Morgan fingerprint density at radius 1 is 0.808 bits per heavy atom. The fraction of sp³-hybridized carbons (Fsp3) is 0. The maximum absolute atomic E-state index is 13.1. The molecule has 4 aromatic rings. The van der Waals surface area contributed by atoms with E-state index >= 15 is 0 Å². The summed E-state index contributed by atoms with van der Waals surface area (Å²) in [6.07, 6.45) is 0. The number of ketones is 1. The minimum atomic E-state index is -0.190. The minimum Gasteiger partial charge on any atom is -0.287 e. The van der Waals surface area contributed by atoms with E-state index < -0.39 is 0 Å². The Morgan fingerprint density at radius 3 is 2.23 bits per heavy atom. The number of nitriles is 1. The van der Waals surface area contributed by atoms with Gasteiger partial charge in [0, 0.05) is 16.5 Å². The number of fused-ring (bicyclic) bond motifs is 1. The fourth-order valence-corrected chi connectivity index (χ4v) is 2.80. The smallest absolute Gasteiger partial charge is 0.212 e. The average Bonchev–Trinajstić information content (AvgIpc) is 2.73. The number of carbonyl (C=O) groups is 1. The van der Waals surface area contributed by atoms with Crippen molar-refractivity contribution in [2.45, 2.75) is 0 Å². The van der Waals surface area contributed by atoms with Crippen molar-refractivity contribution < 1.29 is 4.79 Å². The lowest BCUT2D eigenvalue weighted by molar-refractivity contribution is 0.103. The molecule has 0 fully saturated rings. The molecular weight excluding hydrogens is 322 g/mol.